The molecule has 5 nitrogen and oxygen atoms in total. The second kappa shape index (κ2) is 4.58. The number of aromatic nitrogens is 1. The summed E-state index contributed by atoms with van der Waals surface area (Å²) in [5, 5.41) is 1.45. The van der Waals surface area contributed by atoms with Gasteiger partial charge in [-0.25, -0.2) is 4.98 Å². The van der Waals surface area contributed by atoms with E-state index in [1.165, 1.54) is 16.2 Å². The monoisotopic (exact) mass is 292 g/mol. The van der Waals surface area contributed by atoms with Crippen molar-refractivity contribution in [3.8, 4) is 0 Å². The minimum atomic E-state index is -4.66. The molecule has 2 atom stereocenters. The van der Waals surface area contributed by atoms with Gasteiger partial charge in [-0.15, -0.1) is 15.2 Å². The number of likely N-dealkylation sites (tertiary alicyclic amines) is 1. The quantitative estimate of drug-likeness (QED) is 0.790. The topological polar surface area (TPSA) is 67.3 Å². The van der Waals surface area contributed by atoms with Crippen LogP contribution in [0.2, 0.25) is 0 Å². The van der Waals surface area contributed by atoms with Crippen LogP contribution < -0.4 is 0 Å². The van der Waals surface area contributed by atoms with Crippen molar-refractivity contribution in [2.24, 2.45) is 0 Å². The van der Waals surface area contributed by atoms with Crippen LogP contribution in [0.5, 0.6) is 0 Å². The van der Waals surface area contributed by atoms with Gasteiger partial charge < -0.3 is 4.90 Å². The van der Waals surface area contributed by atoms with Gasteiger partial charge in [-0.05, 0) is 13.8 Å². The number of aryl methyl sites for hydroxylation is 1. The van der Waals surface area contributed by atoms with Crippen LogP contribution in [0.1, 0.15) is 30.1 Å². The molecular weight excluding hydrogens is 279 g/mol. The SMILES string of the molecule is Cc1nc(C(C)N2CC(S(=O)(=O)F)CC2=O)cs1. The third-order valence-electron chi connectivity index (χ3n) is 3.05. The highest BCUT2D eigenvalue weighted by molar-refractivity contribution is 7.87. The van der Waals surface area contributed by atoms with Crippen LogP contribution in [0, 0.1) is 6.92 Å². The van der Waals surface area contributed by atoms with E-state index in [0.29, 0.717) is 5.69 Å². The lowest BCUT2D eigenvalue weighted by Crippen LogP contribution is -2.30. The number of nitrogens with zero attached hydrogens (tertiary/aromatic N) is 2. The molecule has 2 unspecified atom stereocenters. The summed E-state index contributed by atoms with van der Waals surface area (Å²) < 4.78 is 34.5. The lowest BCUT2D eigenvalue weighted by molar-refractivity contribution is -0.129. The third kappa shape index (κ3) is 2.54. The van der Waals surface area contributed by atoms with Crippen LogP contribution in [0.4, 0.5) is 3.89 Å². The molecule has 8 heteroatoms. The first kappa shape index (κ1) is 13.4. The predicted molar refractivity (Wildman–Crippen MR) is 65.4 cm³/mol. The van der Waals surface area contributed by atoms with Gasteiger partial charge in [0.05, 0.1) is 16.7 Å². The van der Waals surface area contributed by atoms with E-state index in [2.05, 4.69) is 4.98 Å². The van der Waals surface area contributed by atoms with Gasteiger partial charge in [0, 0.05) is 18.3 Å². The first-order chi connectivity index (χ1) is 8.29. The molecule has 0 radical (unpaired) electrons. The van der Waals surface area contributed by atoms with E-state index >= 15 is 0 Å². The van der Waals surface area contributed by atoms with Crippen molar-refractivity contribution >= 4 is 27.5 Å². The van der Waals surface area contributed by atoms with E-state index in [0.717, 1.165) is 5.01 Å². The molecule has 2 heterocycles. The van der Waals surface area contributed by atoms with Crippen molar-refractivity contribution in [1.82, 2.24) is 9.88 Å². The van der Waals surface area contributed by atoms with Crippen LogP contribution in [0.3, 0.4) is 0 Å². The number of rotatable bonds is 3. The molecule has 0 spiro atoms. The van der Waals surface area contributed by atoms with E-state index in [-0.39, 0.29) is 24.9 Å². The maximum absolute atomic E-state index is 12.9. The number of amides is 1. The van der Waals surface area contributed by atoms with Gasteiger partial charge in [0.2, 0.25) is 5.91 Å². The van der Waals surface area contributed by atoms with E-state index in [1.54, 1.807) is 6.92 Å². The van der Waals surface area contributed by atoms with Gasteiger partial charge in [-0.2, -0.15) is 8.42 Å². The molecule has 0 aromatic carbocycles. The number of hydrogen-bond acceptors (Lipinski definition) is 5. The fourth-order valence-electron chi connectivity index (χ4n) is 1.99. The van der Waals surface area contributed by atoms with E-state index < -0.39 is 15.5 Å². The molecule has 1 aliphatic rings. The number of thiazole rings is 1. The average Bonchev–Trinajstić information content (AvgIpc) is 2.83. The molecule has 1 amide bonds. The van der Waals surface area contributed by atoms with Gasteiger partial charge in [0.1, 0.15) is 5.25 Å². The minimum absolute atomic E-state index is 0.102. The first-order valence-corrected chi connectivity index (χ1v) is 7.76. The molecule has 1 fully saturated rings. The second-order valence-corrected chi connectivity index (χ2v) is 7.00. The number of hydrogen-bond donors (Lipinski definition) is 0. The molecule has 1 aromatic heterocycles. The van der Waals surface area contributed by atoms with Crippen LogP contribution in [0.15, 0.2) is 5.38 Å². The highest BCUT2D eigenvalue weighted by Crippen LogP contribution is 2.29. The molecule has 0 bridgehead atoms. The fraction of sp³-hybridized carbons (Fsp3) is 0.600. The standard InChI is InChI=1S/C10H13FN2O3S2/c1-6(9-5-17-7(2)12-9)13-4-8(3-10(13)14)18(11,15)16/h5-6,8H,3-4H2,1-2H3. The molecule has 0 aliphatic carbocycles. The Morgan fingerprint density at radius 1 is 1.61 bits per heavy atom. The Bertz CT molecular complexity index is 569. The molecule has 100 valence electrons. The van der Waals surface area contributed by atoms with Crippen molar-refractivity contribution in [3.05, 3.63) is 16.1 Å². The van der Waals surface area contributed by atoms with E-state index in [9.17, 15) is 17.1 Å². The highest BCUT2D eigenvalue weighted by atomic mass is 32.3. The Morgan fingerprint density at radius 3 is 2.72 bits per heavy atom. The summed E-state index contributed by atoms with van der Waals surface area (Å²) in [5.74, 6) is -0.348. The summed E-state index contributed by atoms with van der Waals surface area (Å²) in [4.78, 5) is 17.4. The van der Waals surface area contributed by atoms with Crippen LogP contribution >= 0.6 is 11.3 Å². The van der Waals surface area contributed by atoms with Crippen molar-refractivity contribution in [3.63, 3.8) is 0 Å². The summed E-state index contributed by atoms with van der Waals surface area (Å²) in [6.07, 6.45) is -0.285. The van der Waals surface area contributed by atoms with Gasteiger partial charge in [-0.1, -0.05) is 0 Å². The van der Waals surface area contributed by atoms with Crippen molar-refractivity contribution in [2.45, 2.75) is 31.6 Å². The van der Waals surface area contributed by atoms with Crippen LogP contribution in [-0.2, 0) is 15.0 Å². The molecule has 0 N–H and O–H groups in total. The number of carbonyl (C=O) groups excluding carboxylic acids is 1. The smallest absolute Gasteiger partial charge is 0.307 e. The maximum atomic E-state index is 12.9. The van der Waals surface area contributed by atoms with Crippen molar-refractivity contribution in [1.29, 1.82) is 0 Å². The zero-order chi connectivity index (χ0) is 13.5. The molecule has 1 saturated heterocycles. The predicted octanol–water partition coefficient (Wildman–Crippen LogP) is 1.41. The summed E-state index contributed by atoms with van der Waals surface area (Å²) in [6.45, 7) is 3.51. The lowest BCUT2D eigenvalue weighted by atomic mass is 10.2. The van der Waals surface area contributed by atoms with E-state index in [4.69, 9.17) is 0 Å². The van der Waals surface area contributed by atoms with Crippen molar-refractivity contribution in [2.75, 3.05) is 6.54 Å². The van der Waals surface area contributed by atoms with E-state index in [1.807, 2.05) is 12.3 Å². The Kier molecular flexibility index (Phi) is 3.41. The Morgan fingerprint density at radius 2 is 2.28 bits per heavy atom. The van der Waals surface area contributed by atoms with Gasteiger partial charge in [0.15, 0.2) is 0 Å². The fourth-order valence-corrected chi connectivity index (χ4v) is 3.37. The normalized spacial score (nSPS) is 22.5. The maximum Gasteiger partial charge on any atom is 0.307 e. The summed E-state index contributed by atoms with van der Waals surface area (Å²) >= 11 is 1.46. The zero-order valence-corrected chi connectivity index (χ0v) is 11.6. The first-order valence-electron chi connectivity index (χ1n) is 5.44. The van der Waals surface area contributed by atoms with Gasteiger partial charge in [0.25, 0.3) is 0 Å². The average molecular weight is 292 g/mol. The molecule has 2 rings (SSSR count). The highest BCUT2D eigenvalue weighted by Gasteiger charge is 2.40. The number of halogens is 1. The van der Waals surface area contributed by atoms with Crippen LogP contribution in [-0.4, -0.2) is 36.0 Å². The molecular formula is C10H13FN2O3S2. The third-order valence-corrected chi connectivity index (χ3v) is 4.96. The summed E-state index contributed by atoms with van der Waals surface area (Å²) in [6, 6.07) is -0.325. The van der Waals surface area contributed by atoms with Crippen molar-refractivity contribution < 1.29 is 17.1 Å². The number of carbonyl (C=O) groups is 1. The molecule has 0 saturated carbocycles. The largest absolute Gasteiger partial charge is 0.333 e. The molecule has 1 aliphatic heterocycles. The minimum Gasteiger partial charge on any atom is -0.333 e. The van der Waals surface area contributed by atoms with Gasteiger partial charge in [-0.3, -0.25) is 4.79 Å². The summed E-state index contributed by atoms with van der Waals surface area (Å²) in [5.41, 5.74) is 0.711. The zero-order valence-electron chi connectivity index (χ0n) is 9.96. The van der Waals surface area contributed by atoms with Gasteiger partial charge >= 0.3 is 10.2 Å². The summed E-state index contributed by atoms with van der Waals surface area (Å²) in [7, 11) is -4.66. The molecule has 18 heavy (non-hydrogen) atoms. The molecule has 1 aromatic rings. The van der Waals surface area contributed by atoms with Crippen LogP contribution in [0.25, 0.3) is 0 Å². The second-order valence-electron chi connectivity index (χ2n) is 4.32. The lowest BCUT2D eigenvalue weighted by Gasteiger charge is -2.22. The Hall–Kier alpha value is -1.02. The Labute approximate surface area is 109 Å². The Balaban J connectivity index is 2.18.